The summed E-state index contributed by atoms with van der Waals surface area (Å²) in [5.41, 5.74) is 2.45. The van der Waals surface area contributed by atoms with Gasteiger partial charge in [0.25, 0.3) is 5.91 Å². The summed E-state index contributed by atoms with van der Waals surface area (Å²) in [7, 11) is 0. The van der Waals surface area contributed by atoms with E-state index in [4.69, 9.17) is 4.74 Å². The number of benzene rings is 1. The van der Waals surface area contributed by atoms with Gasteiger partial charge in [0, 0.05) is 23.1 Å². The minimum Gasteiger partial charge on any atom is -0.483 e. The predicted molar refractivity (Wildman–Crippen MR) is 86.2 cm³/mol. The van der Waals surface area contributed by atoms with E-state index in [0.717, 1.165) is 29.5 Å². The van der Waals surface area contributed by atoms with Gasteiger partial charge >= 0.3 is 0 Å². The Bertz CT molecular complexity index is 681. The van der Waals surface area contributed by atoms with Gasteiger partial charge in [0.1, 0.15) is 5.75 Å². The molecule has 0 atom stereocenters. The monoisotopic (exact) mass is 298 g/mol. The molecule has 4 heteroatoms. The molecular formula is C18H22N2O2. The number of rotatable bonds is 5. The quantitative estimate of drug-likeness (QED) is 0.888. The Balaban J connectivity index is 1.56. The molecule has 0 bridgehead atoms. The summed E-state index contributed by atoms with van der Waals surface area (Å²) < 4.78 is 5.84. The van der Waals surface area contributed by atoms with Crippen LogP contribution in [0.4, 0.5) is 0 Å². The number of aromatic nitrogens is 1. The second kappa shape index (κ2) is 5.67. The standard InChI is InChI=1S/C18H22N2O2/c21-17(20-13-8-9-13)11-22-16-7-3-6-15-18(16)14(10-19-15)12-4-1-2-5-12/h3,6-7,10,12-13,19H,1-2,4-5,8-9,11H2,(H,20,21). The van der Waals surface area contributed by atoms with Crippen LogP contribution in [0.5, 0.6) is 5.75 Å². The molecule has 1 aromatic heterocycles. The van der Waals surface area contributed by atoms with Crippen molar-refractivity contribution < 1.29 is 9.53 Å². The van der Waals surface area contributed by atoms with E-state index < -0.39 is 0 Å². The zero-order valence-electron chi connectivity index (χ0n) is 12.7. The average Bonchev–Trinajstić information content (AvgIpc) is 3.03. The highest BCUT2D eigenvalue weighted by Crippen LogP contribution is 2.40. The van der Waals surface area contributed by atoms with E-state index in [1.807, 2.05) is 12.1 Å². The van der Waals surface area contributed by atoms with Crippen LogP contribution in [-0.4, -0.2) is 23.5 Å². The summed E-state index contributed by atoms with van der Waals surface area (Å²) >= 11 is 0. The second-order valence-corrected chi connectivity index (χ2v) is 6.53. The Labute approximate surface area is 130 Å². The van der Waals surface area contributed by atoms with Crippen molar-refractivity contribution in [3.8, 4) is 5.75 Å². The lowest BCUT2D eigenvalue weighted by atomic mass is 9.97. The topological polar surface area (TPSA) is 54.1 Å². The largest absolute Gasteiger partial charge is 0.483 e. The molecule has 2 aromatic rings. The molecule has 0 spiro atoms. The Morgan fingerprint density at radius 2 is 2.05 bits per heavy atom. The molecule has 4 nitrogen and oxygen atoms in total. The third-order valence-electron chi connectivity index (χ3n) is 4.79. The molecule has 2 aliphatic carbocycles. The van der Waals surface area contributed by atoms with Crippen LogP contribution in [0, 0.1) is 0 Å². The number of fused-ring (bicyclic) bond motifs is 1. The van der Waals surface area contributed by atoms with Crippen molar-refractivity contribution in [2.24, 2.45) is 0 Å². The number of carbonyl (C=O) groups excluding carboxylic acids is 1. The van der Waals surface area contributed by atoms with Gasteiger partial charge in [-0.1, -0.05) is 18.9 Å². The zero-order valence-corrected chi connectivity index (χ0v) is 12.7. The second-order valence-electron chi connectivity index (χ2n) is 6.53. The first-order valence-corrected chi connectivity index (χ1v) is 8.33. The molecule has 2 aliphatic rings. The van der Waals surface area contributed by atoms with Crippen molar-refractivity contribution in [2.75, 3.05) is 6.61 Å². The van der Waals surface area contributed by atoms with E-state index in [1.165, 1.54) is 31.2 Å². The Kier molecular flexibility index (Phi) is 3.53. The van der Waals surface area contributed by atoms with Crippen molar-refractivity contribution in [3.05, 3.63) is 30.0 Å². The molecule has 116 valence electrons. The molecule has 0 aliphatic heterocycles. The molecule has 4 rings (SSSR count). The average molecular weight is 298 g/mol. The first-order chi connectivity index (χ1) is 10.8. The fourth-order valence-electron chi connectivity index (χ4n) is 3.50. The van der Waals surface area contributed by atoms with Crippen molar-refractivity contribution in [1.29, 1.82) is 0 Å². The first kappa shape index (κ1) is 13.7. The molecule has 0 radical (unpaired) electrons. The smallest absolute Gasteiger partial charge is 0.258 e. The van der Waals surface area contributed by atoms with Gasteiger partial charge in [0.15, 0.2) is 6.61 Å². The molecule has 1 aromatic carbocycles. The normalized spacial score (nSPS) is 18.7. The SMILES string of the molecule is O=C(COc1cccc2[nH]cc(C3CCCC3)c12)NC1CC1. The number of carbonyl (C=O) groups is 1. The van der Waals surface area contributed by atoms with Crippen molar-refractivity contribution in [3.63, 3.8) is 0 Å². The molecule has 22 heavy (non-hydrogen) atoms. The molecule has 2 saturated carbocycles. The summed E-state index contributed by atoms with van der Waals surface area (Å²) in [4.78, 5) is 15.2. The highest BCUT2D eigenvalue weighted by Gasteiger charge is 2.24. The Morgan fingerprint density at radius 3 is 2.82 bits per heavy atom. The van der Waals surface area contributed by atoms with Gasteiger partial charge < -0.3 is 15.0 Å². The fraction of sp³-hybridized carbons (Fsp3) is 0.500. The zero-order chi connectivity index (χ0) is 14.9. The first-order valence-electron chi connectivity index (χ1n) is 8.33. The third-order valence-corrected chi connectivity index (χ3v) is 4.79. The maximum absolute atomic E-state index is 11.8. The molecule has 0 saturated heterocycles. The Morgan fingerprint density at radius 1 is 1.23 bits per heavy atom. The lowest BCUT2D eigenvalue weighted by Gasteiger charge is -2.12. The molecule has 1 heterocycles. The van der Waals surface area contributed by atoms with E-state index in [2.05, 4.69) is 22.6 Å². The van der Waals surface area contributed by atoms with Gasteiger partial charge in [-0.2, -0.15) is 0 Å². The minimum absolute atomic E-state index is 0.0162. The van der Waals surface area contributed by atoms with Gasteiger partial charge in [0.2, 0.25) is 0 Å². The number of aromatic amines is 1. The summed E-state index contributed by atoms with van der Waals surface area (Å²) in [5, 5.41) is 4.12. The van der Waals surface area contributed by atoms with Crippen LogP contribution in [0.3, 0.4) is 0 Å². The number of amides is 1. The van der Waals surface area contributed by atoms with Crippen LogP contribution in [0.15, 0.2) is 24.4 Å². The number of ether oxygens (including phenoxy) is 1. The number of hydrogen-bond acceptors (Lipinski definition) is 2. The highest BCUT2D eigenvalue weighted by molar-refractivity contribution is 5.90. The molecule has 0 unspecified atom stereocenters. The molecule has 1 amide bonds. The minimum atomic E-state index is -0.0162. The summed E-state index contributed by atoms with van der Waals surface area (Å²) in [6.07, 6.45) is 9.45. The molecular weight excluding hydrogens is 276 g/mol. The van der Waals surface area contributed by atoms with Crippen molar-refractivity contribution >= 4 is 16.8 Å². The van der Waals surface area contributed by atoms with Gasteiger partial charge in [-0.05, 0) is 49.3 Å². The summed E-state index contributed by atoms with van der Waals surface area (Å²) in [6.45, 7) is 0.102. The number of nitrogens with one attached hydrogen (secondary N) is 2. The highest BCUT2D eigenvalue weighted by atomic mass is 16.5. The van der Waals surface area contributed by atoms with Crippen molar-refractivity contribution in [2.45, 2.75) is 50.5 Å². The summed E-state index contributed by atoms with van der Waals surface area (Å²) in [5.74, 6) is 1.43. The van der Waals surface area contributed by atoms with Crippen LogP contribution in [0.2, 0.25) is 0 Å². The lowest BCUT2D eigenvalue weighted by molar-refractivity contribution is -0.123. The van der Waals surface area contributed by atoms with Gasteiger partial charge in [-0.3, -0.25) is 4.79 Å². The number of hydrogen-bond donors (Lipinski definition) is 2. The molecule has 2 N–H and O–H groups in total. The maximum Gasteiger partial charge on any atom is 0.258 e. The maximum atomic E-state index is 11.8. The van der Waals surface area contributed by atoms with Crippen LogP contribution in [-0.2, 0) is 4.79 Å². The van der Waals surface area contributed by atoms with Gasteiger partial charge in [-0.25, -0.2) is 0 Å². The van der Waals surface area contributed by atoms with Gasteiger partial charge in [0.05, 0.1) is 0 Å². The fourth-order valence-corrected chi connectivity index (χ4v) is 3.50. The predicted octanol–water partition coefficient (Wildman–Crippen LogP) is 3.48. The number of H-pyrrole nitrogens is 1. The third kappa shape index (κ3) is 2.70. The molecule has 2 fully saturated rings. The van der Waals surface area contributed by atoms with Crippen LogP contribution in [0.25, 0.3) is 10.9 Å². The van der Waals surface area contributed by atoms with Crippen LogP contribution >= 0.6 is 0 Å². The summed E-state index contributed by atoms with van der Waals surface area (Å²) in [6, 6.07) is 6.41. The van der Waals surface area contributed by atoms with Crippen LogP contribution in [0.1, 0.15) is 50.0 Å². The van der Waals surface area contributed by atoms with Crippen molar-refractivity contribution in [1.82, 2.24) is 10.3 Å². The van der Waals surface area contributed by atoms with E-state index in [9.17, 15) is 4.79 Å². The van der Waals surface area contributed by atoms with E-state index in [1.54, 1.807) is 0 Å². The van der Waals surface area contributed by atoms with E-state index >= 15 is 0 Å². The van der Waals surface area contributed by atoms with E-state index in [0.29, 0.717) is 12.0 Å². The van der Waals surface area contributed by atoms with Gasteiger partial charge in [-0.15, -0.1) is 0 Å². The van der Waals surface area contributed by atoms with E-state index in [-0.39, 0.29) is 12.5 Å². The van der Waals surface area contributed by atoms with Crippen LogP contribution < -0.4 is 10.1 Å². The Hall–Kier alpha value is -1.97. The lowest BCUT2D eigenvalue weighted by Crippen LogP contribution is -2.30.